The summed E-state index contributed by atoms with van der Waals surface area (Å²) in [5, 5.41) is 3.34. The molecule has 0 radical (unpaired) electrons. The molecule has 1 N–H and O–H groups in total. The van der Waals surface area contributed by atoms with E-state index in [0.717, 1.165) is 29.9 Å². The number of aryl methyl sites for hydroxylation is 2. The van der Waals surface area contributed by atoms with E-state index < -0.39 is 0 Å². The van der Waals surface area contributed by atoms with Crippen LogP contribution in [-0.4, -0.2) is 11.1 Å². The van der Waals surface area contributed by atoms with Gasteiger partial charge in [0.1, 0.15) is 0 Å². The molecule has 1 rings (SSSR count). The minimum atomic E-state index is 0.154. The molecule has 0 aliphatic carbocycles. The standard InChI is InChI=1S/C14H24N2O/c1-6-16-12(5)7-11(4)13(14(16)17)9-15-8-10(2)3/h7,10,15H,6,8-9H2,1-5H3. The maximum Gasteiger partial charge on any atom is 0.255 e. The Hall–Kier alpha value is -1.09. The maximum atomic E-state index is 12.2. The van der Waals surface area contributed by atoms with Crippen LogP contribution in [0, 0.1) is 19.8 Å². The van der Waals surface area contributed by atoms with Crippen molar-refractivity contribution >= 4 is 0 Å². The highest BCUT2D eigenvalue weighted by atomic mass is 16.1. The predicted octanol–water partition coefficient (Wildman–Crippen LogP) is 2.23. The molecule has 0 aliphatic rings. The molecule has 0 saturated carbocycles. The average Bonchev–Trinajstić information content (AvgIpc) is 2.22. The molecule has 1 aromatic heterocycles. The highest BCUT2D eigenvalue weighted by molar-refractivity contribution is 5.26. The summed E-state index contributed by atoms with van der Waals surface area (Å²) in [6.07, 6.45) is 0. The molecule has 3 heteroatoms. The van der Waals surface area contributed by atoms with Crippen LogP contribution in [0.4, 0.5) is 0 Å². The van der Waals surface area contributed by atoms with Gasteiger partial charge < -0.3 is 9.88 Å². The molecular formula is C14H24N2O. The van der Waals surface area contributed by atoms with Gasteiger partial charge in [0.15, 0.2) is 0 Å². The Morgan fingerprint density at radius 3 is 2.53 bits per heavy atom. The van der Waals surface area contributed by atoms with Crippen LogP contribution in [0.3, 0.4) is 0 Å². The largest absolute Gasteiger partial charge is 0.313 e. The van der Waals surface area contributed by atoms with E-state index in [1.807, 2.05) is 25.3 Å². The summed E-state index contributed by atoms with van der Waals surface area (Å²) >= 11 is 0. The topological polar surface area (TPSA) is 34.0 Å². The van der Waals surface area contributed by atoms with Gasteiger partial charge in [0, 0.05) is 24.3 Å². The Labute approximate surface area is 104 Å². The van der Waals surface area contributed by atoms with E-state index in [0.29, 0.717) is 12.5 Å². The van der Waals surface area contributed by atoms with Crippen LogP contribution in [0.25, 0.3) is 0 Å². The number of hydrogen-bond acceptors (Lipinski definition) is 2. The lowest BCUT2D eigenvalue weighted by Gasteiger charge is -2.14. The third kappa shape index (κ3) is 3.43. The van der Waals surface area contributed by atoms with Gasteiger partial charge in [-0.1, -0.05) is 13.8 Å². The van der Waals surface area contributed by atoms with E-state index in [4.69, 9.17) is 0 Å². The molecule has 0 atom stereocenters. The Morgan fingerprint density at radius 2 is 2.00 bits per heavy atom. The van der Waals surface area contributed by atoms with Crippen molar-refractivity contribution in [2.24, 2.45) is 5.92 Å². The Bertz CT molecular complexity index is 433. The summed E-state index contributed by atoms with van der Waals surface area (Å²) < 4.78 is 1.83. The number of hydrogen-bond donors (Lipinski definition) is 1. The molecule has 0 spiro atoms. The molecule has 0 aliphatic heterocycles. The molecule has 17 heavy (non-hydrogen) atoms. The number of aromatic nitrogens is 1. The fourth-order valence-electron chi connectivity index (χ4n) is 2.06. The molecule has 0 aromatic carbocycles. The zero-order valence-electron chi connectivity index (χ0n) is 11.6. The second kappa shape index (κ2) is 6.01. The second-order valence-corrected chi connectivity index (χ2v) is 5.02. The molecule has 3 nitrogen and oxygen atoms in total. The van der Waals surface area contributed by atoms with Crippen LogP contribution >= 0.6 is 0 Å². The molecule has 0 amide bonds. The van der Waals surface area contributed by atoms with Crippen molar-refractivity contribution in [1.29, 1.82) is 0 Å². The summed E-state index contributed by atoms with van der Waals surface area (Å²) in [4.78, 5) is 12.2. The third-order valence-electron chi connectivity index (χ3n) is 3.00. The van der Waals surface area contributed by atoms with Crippen LogP contribution in [0.2, 0.25) is 0 Å². The van der Waals surface area contributed by atoms with Crippen molar-refractivity contribution in [3.8, 4) is 0 Å². The molecule has 0 saturated heterocycles. The molecule has 1 heterocycles. The third-order valence-corrected chi connectivity index (χ3v) is 3.00. The number of nitrogens with zero attached hydrogens (tertiary/aromatic N) is 1. The summed E-state index contributed by atoms with van der Waals surface area (Å²) in [5.41, 5.74) is 3.19. The van der Waals surface area contributed by atoms with Crippen LogP contribution in [0.5, 0.6) is 0 Å². The van der Waals surface area contributed by atoms with Crippen LogP contribution in [-0.2, 0) is 13.1 Å². The highest BCUT2D eigenvalue weighted by Crippen LogP contribution is 2.06. The summed E-state index contributed by atoms with van der Waals surface area (Å²) in [5.74, 6) is 0.606. The van der Waals surface area contributed by atoms with Gasteiger partial charge in [-0.25, -0.2) is 0 Å². The molecule has 1 aromatic rings. The van der Waals surface area contributed by atoms with Crippen molar-refractivity contribution in [1.82, 2.24) is 9.88 Å². The number of rotatable bonds is 5. The van der Waals surface area contributed by atoms with Gasteiger partial charge in [0.2, 0.25) is 0 Å². The second-order valence-electron chi connectivity index (χ2n) is 5.02. The highest BCUT2D eigenvalue weighted by Gasteiger charge is 2.09. The quantitative estimate of drug-likeness (QED) is 0.850. The van der Waals surface area contributed by atoms with E-state index >= 15 is 0 Å². The molecule has 0 fully saturated rings. The van der Waals surface area contributed by atoms with Crippen LogP contribution < -0.4 is 10.9 Å². The monoisotopic (exact) mass is 236 g/mol. The molecule has 96 valence electrons. The zero-order chi connectivity index (χ0) is 13.0. The number of pyridine rings is 1. The predicted molar refractivity (Wildman–Crippen MR) is 72.4 cm³/mol. The summed E-state index contributed by atoms with van der Waals surface area (Å²) in [7, 11) is 0. The minimum absolute atomic E-state index is 0.154. The molecular weight excluding hydrogens is 212 g/mol. The van der Waals surface area contributed by atoms with Crippen molar-refractivity contribution < 1.29 is 0 Å². The van der Waals surface area contributed by atoms with Crippen molar-refractivity contribution in [2.75, 3.05) is 6.54 Å². The Kier molecular flexibility index (Phi) is 4.94. The summed E-state index contributed by atoms with van der Waals surface area (Å²) in [6, 6.07) is 2.09. The Morgan fingerprint density at radius 1 is 1.35 bits per heavy atom. The van der Waals surface area contributed by atoms with Gasteiger partial charge in [-0.3, -0.25) is 4.79 Å². The first-order valence-corrected chi connectivity index (χ1v) is 6.38. The lowest BCUT2D eigenvalue weighted by atomic mass is 10.1. The summed E-state index contributed by atoms with van der Waals surface area (Å²) in [6.45, 7) is 12.7. The smallest absolute Gasteiger partial charge is 0.255 e. The van der Waals surface area contributed by atoms with E-state index in [1.165, 1.54) is 0 Å². The average molecular weight is 236 g/mol. The van der Waals surface area contributed by atoms with Gasteiger partial charge in [-0.05, 0) is 44.9 Å². The van der Waals surface area contributed by atoms with Crippen molar-refractivity contribution in [3.63, 3.8) is 0 Å². The Balaban J connectivity index is 2.95. The van der Waals surface area contributed by atoms with E-state index in [2.05, 4.69) is 25.2 Å². The van der Waals surface area contributed by atoms with Gasteiger partial charge >= 0.3 is 0 Å². The van der Waals surface area contributed by atoms with Gasteiger partial charge in [0.25, 0.3) is 5.56 Å². The SMILES string of the molecule is CCn1c(C)cc(C)c(CNCC(C)C)c1=O. The molecule has 0 bridgehead atoms. The first-order valence-electron chi connectivity index (χ1n) is 6.38. The van der Waals surface area contributed by atoms with Gasteiger partial charge in [0.05, 0.1) is 0 Å². The first-order chi connectivity index (χ1) is 7.97. The lowest BCUT2D eigenvalue weighted by molar-refractivity contribution is 0.546. The maximum absolute atomic E-state index is 12.2. The lowest BCUT2D eigenvalue weighted by Crippen LogP contribution is -2.30. The normalized spacial score (nSPS) is 11.2. The number of nitrogens with one attached hydrogen (secondary N) is 1. The van der Waals surface area contributed by atoms with E-state index in [9.17, 15) is 4.79 Å². The fraction of sp³-hybridized carbons (Fsp3) is 0.643. The molecule has 0 unspecified atom stereocenters. The van der Waals surface area contributed by atoms with Crippen molar-refractivity contribution in [2.45, 2.75) is 47.7 Å². The van der Waals surface area contributed by atoms with Crippen molar-refractivity contribution in [3.05, 3.63) is 33.2 Å². The van der Waals surface area contributed by atoms with Gasteiger partial charge in [-0.15, -0.1) is 0 Å². The van der Waals surface area contributed by atoms with Gasteiger partial charge in [-0.2, -0.15) is 0 Å². The van der Waals surface area contributed by atoms with E-state index in [1.54, 1.807) is 0 Å². The first kappa shape index (κ1) is 14.0. The van der Waals surface area contributed by atoms with Crippen LogP contribution in [0.15, 0.2) is 10.9 Å². The zero-order valence-corrected chi connectivity index (χ0v) is 11.6. The van der Waals surface area contributed by atoms with E-state index in [-0.39, 0.29) is 5.56 Å². The fourth-order valence-corrected chi connectivity index (χ4v) is 2.06. The minimum Gasteiger partial charge on any atom is -0.313 e. The van der Waals surface area contributed by atoms with Crippen LogP contribution in [0.1, 0.15) is 37.6 Å².